The standard InChI is InChI=1S/C24H27NO6.C19H25NO4/c1-5-22(27)25(15-19-11-13-21(29-3)14-12-19)24(18(2)26,23(28)30-4)17-31-16-20-9-7-6-8-10-20;1-7-19(17(22)24-6)18(3,4)13(2)16(21)20(19)12-14-8-10-15(23-5)11-9-14/h5-14H,1,15-17H2,2-4H3;8-11H,2,7,12H2,1,3-6H3/t24-;/m1./s1. The van der Waals surface area contributed by atoms with Gasteiger partial charge in [0.25, 0.3) is 5.91 Å². The highest BCUT2D eigenvalue weighted by molar-refractivity contribution is 6.11. The lowest BCUT2D eigenvalue weighted by Gasteiger charge is -2.43. The molecule has 0 aromatic heterocycles. The molecule has 3 aromatic carbocycles. The molecule has 55 heavy (non-hydrogen) atoms. The first-order valence-electron chi connectivity index (χ1n) is 17.7. The van der Waals surface area contributed by atoms with Gasteiger partial charge in [-0.1, -0.05) is 88.5 Å². The maximum Gasteiger partial charge on any atom is 0.342 e. The molecule has 0 spiro atoms. The largest absolute Gasteiger partial charge is 0.497 e. The fourth-order valence-electron chi connectivity index (χ4n) is 6.79. The number of hydrogen-bond donors (Lipinski definition) is 0. The summed E-state index contributed by atoms with van der Waals surface area (Å²) in [5.74, 6) is -1.28. The van der Waals surface area contributed by atoms with Crippen molar-refractivity contribution in [3.8, 4) is 11.5 Å². The van der Waals surface area contributed by atoms with Gasteiger partial charge in [-0.15, -0.1) is 0 Å². The number of methoxy groups -OCH3 is 4. The Morgan fingerprint density at radius 3 is 1.82 bits per heavy atom. The molecule has 1 unspecified atom stereocenters. The van der Waals surface area contributed by atoms with Gasteiger partial charge in [-0.3, -0.25) is 14.4 Å². The van der Waals surface area contributed by atoms with Crippen LogP contribution >= 0.6 is 0 Å². The number of carbonyl (C=O) groups is 5. The number of carbonyl (C=O) groups excluding carboxylic acids is 5. The molecule has 0 saturated carbocycles. The van der Waals surface area contributed by atoms with Crippen LogP contribution in [0.3, 0.4) is 0 Å². The Morgan fingerprint density at radius 2 is 1.36 bits per heavy atom. The molecule has 294 valence electrons. The van der Waals surface area contributed by atoms with Gasteiger partial charge in [-0.05, 0) is 60.4 Å². The summed E-state index contributed by atoms with van der Waals surface area (Å²) < 4.78 is 26.1. The SMILES string of the molecule is C=C1C(=O)N(Cc2ccc(OC)cc2)C(CC)(C(=O)OC)C1(C)C.C=CC(=O)N(Cc1ccc(OC)cc1)[C@](COCc1ccccc1)(C(C)=O)C(=O)OC. The summed E-state index contributed by atoms with van der Waals surface area (Å²) in [4.78, 5) is 66.8. The minimum Gasteiger partial charge on any atom is -0.497 e. The van der Waals surface area contributed by atoms with Crippen LogP contribution in [0.5, 0.6) is 11.5 Å². The zero-order valence-electron chi connectivity index (χ0n) is 33.0. The second kappa shape index (κ2) is 19.0. The van der Waals surface area contributed by atoms with Gasteiger partial charge < -0.3 is 33.5 Å². The van der Waals surface area contributed by atoms with Crippen LogP contribution < -0.4 is 9.47 Å². The van der Waals surface area contributed by atoms with Crippen LogP contribution in [0.25, 0.3) is 0 Å². The Labute approximate surface area is 323 Å². The first-order valence-corrected chi connectivity index (χ1v) is 17.7. The topological polar surface area (TPSA) is 138 Å². The zero-order chi connectivity index (χ0) is 41.0. The van der Waals surface area contributed by atoms with E-state index in [1.54, 1.807) is 43.4 Å². The van der Waals surface area contributed by atoms with Crippen molar-refractivity contribution in [2.24, 2.45) is 5.41 Å². The molecule has 2 atom stereocenters. The molecule has 0 bridgehead atoms. The summed E-state index contributed by atoms with van der Waals surface area (Å²) in [6.45, 7) is 14.4. The molecule has 1 aliphatic heterocycles. The molecular weight excluding hydrogens is 704 g/mol. The normalized spacial score (nSPS) is 16.8. The van der Waals surface area contributed by atoms with Gasteiger partial charge in [0.1, 0.15) is 17.0 Å². The second-order valence-electron chi connectivity index (χ2n) is 13.4. The number of benzene rings is 3. The fourth-order valence-corrected chi connectivity index (χ4v) is 6.79. The Balaban J connectivity index is 0.000000305. The monoisotopic (exact) mass is 756 g/mol. The van der Waals surface area contributed by atoms with Crippen LogP contribution in [0.1, 0.15) is 50.8 Å². The van der Waals surface area contributed by atoms with Crippen LogP contribution in [0.2, 0.25) is 0 Å². The molecule has 3 aromatic rings. The molecular formula is C43H52N2O10. The molecule has 0 N–H and O–H groups in total. The Bertz CT molecular complexity index is 1840. The zero-order valence-corrected chi connectivity index (χ0v) is 33.0. The molecule has 0 aliphatic carbocycles. The van der Waals surface area contributed by atoms with Gasteiger partial charge >= 0.3 is 11.9 Å². The van der Waals surface area contributed by atoms with Crippen molar-refractivity contribution in [3.05, 3.63) is 120 Å². The van der Waals surface area contributed by atoms with Crippen molar-refractivity contribution >= 4 is 29.5 Å². The number of hydrogen-bond acceptors (Lipinski definition) is 10. The van der Waals surface area contributed by atoms with Crippen molar-refractivity contribution in [1.29, 1.82) is 0 Å². The van der Waals surface area contributed by atoms with Gasteiger partial charge in [0.05, 0.1) is 41.7 Å². The number of nitrogens with zero attached hydrogens (tertiary/aromatic N) is 2. The molecule has 1 heterocycles. The molecule has 0 radical (unpaired) electrons. The predicted molar refractivity (Wildman–Crippen MR) is 207 cm³/mol. The number of rotatable bonds is 16. The number of likely N-dealkylation sites (tertiary alicyclic amines) is 1. The Kier molecular flexibility index (Phi) is 15.1. The highest BCUT2D eigenvalue weighted by atomic mass is 16.5. The minimum atomic E-state index is -1.96. The van der Waals surface area contributed by atoms with E-state index in [9.17, 15) is 24.0 Å². The van der Waals surface area contributed by atoms with E-state index in [-0.39, 0.29) is 25.7 Å². The van der Waals surface area contributed by atoms with E-state index in [1.165, 1.54) is 21.1 Å². The summed E-state index contributed by atoms with van der Waals surface area (Å²) in [7, 11) is 5.67. The summed E-state index contributed by atoms with van der Waals surface area (Å²) in [6, 6.07) is 23.7. The first kappa shape index (κ1) is 43.7. The molecule has 1 fully saturated rings. The highest BCUT2D eigenvalue weighted by Gasteiger charge is 2.64. The fraction of sp³-hybridized carbons (Fsp3) is 0.372. The number of Topliss-reactive ketones (excluding diaryl/α,β-unsaturated/α-hetero) is 1. The Hall–Kier alpha value is -5.75. The smallest absolute Gasteiger partial charge is 0.342 e. The average Bonchev–Trinajstić information content (AvgIpc) is 3.35. The van der Waals surface area contributed by atoms with E-state index in [0.29, 0.717) is 29.9 Å². The third-order valence-electron chi connectivity index (χ3n) is 10.2. The van der Waals surface area contributed by atoms with Crippen LogP contribution in [0.15, 0.2) is 104 Å². The van der Waals surface area contributed by atoms with Crippen molar-refractivity contribution in [1.82, 2.24) is 9.80 Å². The van der Waals surface area contributed by atoms with E-state index >= 15 is 0 Å². The van der Waals surface area contributed by atoms with E-state index in [1.807, 2.05) is 75.4 Å². The number of amides is 2. The van der Waals surface area contributed by atoms with Crippen LogP contribution in [-0.2, 0) is 57.9 Å². The van der Waals surface area contributed by atoms with Gasteiger partial charge in [-0.25, -0.2) is 9.59 Å². The van der Waals surface area contributed by atoms with Crippen molar-refractivity contribution < 1.29 is 47.7 Å². The third kappa shape index (κ3) is 8.97. The molecule has 1 saturated heterocycles. The lowest BCUT2D eigenvalue weighted by Crippen LogP contribution is -2.64. The first-order chi connectivity index (χ1) is 26.1. The van der Waals surface area contributed by atoms with Crippen LogP contribution in [0.4, 0.5) is 0 Å². The van der Waals surface area contributed by atoms with Gasteiger partial charge in [0.2, 0.25) is 11.4 Å². The highest BCUT2D eigenvalue weighted by Crippen LogP contribution is 2.52. The number of ether oxygens (including phenoxy) is 5. The van der Waals surface area contributed by atoms with E-state index in [2.05, 4.69) is 13.2 Å². The maximum absolute atomic E-state index is 12.9. The summed E-state index contributed by atoms with van der Waals surface area (Å²) in [5, 5.41) is 0. The van der Waals surface area contributed by atoms with E-state index in [0.717, 1.165) is 27.9 Å². The van der Waals surface area contributed by atoms with Crippen molar-refractivity contribution in [2.75, 3.05) is 35.0 Å². The molecule has 4 rings (SSSR count). The average molecular weight is 757 g/mol. The van der Waals surface area contributed by atoms with E-state index < -0.39 is 40.1 Å². The van der Waals surface area contributed by atoms with E-state index in [4.69, 9.17) is 23.7 Å². The van der Waals surface area contributed by atoms with Crippen molar-refractivity contribution in [2.45, 2.75) is 64.9 Å². The van der Waals surface area contributed by atoms with Gasteiger partial charge in [0.15, 0.2) is 5.78 Å². The summed E-state index contributed by atoms with van der Waals surface area (Å²) in [6.07, 6.45) is 1.51. The van der Waals surface area contributed by atoms with Crippen LogP contribution in [-0.4, -0.2) is 85.5 Å². The number of esters is 2. The third-order valence-corrected chi connectivity index (χ3v) is 10.2. The quantitative estimate of drug-likeness (QED) is 0.0992. The lowest BCUT2D eigenvalue weighted by atomic mass is 9.69. The molecule has 12 nitrogen and oxygen atoms in total. The molecule has 2 amide bonds. The van der Waals surface area contributed by atoms with Crippen molar-refractivity contribution in [3.63, 3.8) is 0 Å². The Morgan fingerprint density at radius 1 is 0.818 bits per heavy atom. The molecule has 1 aliphatic rings. The van der Waals surface area contributed by atoms with Gasteiger partial charge in [0, 0.05) is 24.1 Å². The summed E-state index contributed by atoms with van der Waals surface area (Å²) >= 11 is 0. The van der Waals surface area contributed by atoms with Gasteiger partial charge in [-0.2, -0.15) is 0 Å². The summed E-state index contributed by atoms with van der Waals surface area (Å²) in [5.41, 5.74) is -0.835. The number of ketones is 1. The van der Waals surface area contributed by atoms with Crippen LogP contribution in [0, 0.1) is 5.41 Å². The maximum atomic E-state index is 12.9. The second-order valence-corrected chi connectivity index (χ2v) is 13.4. The molecule has 12 heteroatoms. The predicted octanol–water partition coefficient (Wildman–Crippen LogP) is 5.87. The lowest BCUT2D eigenvalue weighted by molar-refractivity contribution is -0.171. The minimum absolute atomic E-state index is 0.0295.